The Morgan fingerprint density at radius 2 is 1.81 bits per heavy atom. The molecule has 4 aliphatic rings. The van der Waals surface area contributed by atoms with Crippen LogP contribution < -0.4 is 10.2 Å². The van der Waals surface area contributed by atoms with Crippen LogP contribution in [-0.4, -0.2) is 102 Å². The molecule has 5 rings (SSSR count). The molecule has 4 atom stereocenters. The maximum atomic E-state index is 13.4. The zero-order valence-electron chi connectivity index (χ0n) is 21.3. The van der Waals surface area contributed by atoms with Crippen LogP contribution in [0.3, 0.4) is 0 Å². The van der Waals surface area contributed by atoms with E-state index < -0.39 is 24.3 Å². The van der Waals surface area contributed by atoms with Crippen LogP contribution in [0.1, 0.15) is 49.9 Å². The van der Waals surface area contributed by atoms with E-state index in [0.29, 0.717) is 12.0 Å². The quantitative estimate of drug-likeness (QED) is 0.579. The van der Waals surface area contributed by atoms with E-state index in [2.05, 4.69) is 15.1 Å². The first-order valence-electron chi connectivity index (χ1n) is 13.3. The number of likely N-dealkylation sites (tertiary alicyclic amines) is 1. The predicted octanol–water partition coefficient (Wildman–Crippen LogP) is 1.05. The minimum absolute atomic E-state index is 0.0348. The SMILES string of the molecule is CC(C)CC(NC(=O)c1ccc(N2CCN(C3CCC3)CC2)cc1)C(=O)N1C[C@H](O)[C@H]2OCC(=O)[C@H]21. The van der Waals surface area contributed by atoms with Crippen molar-refractivity contribution >= 4 is 23.3 Å². The highest BCUT2D eigenvalue weighted by Crippen LogP contribution is 2.29. The van der Waals surface area contributed by atoms with Gasteiger partial charge in [-0.05, 0) is 49.4 Å². The van der Waals surface area contributed by atoms with Gasteiger partial charge in [0.05, 0.1) is 6.54 Å². The summed E-state index contributed by atoms with van der Waals surface area (Å²) in [6.45, 7) is 8.03. The number of aliphatic hydroxyl groups is 1. The van der Waals surface area contributed by atoms with E-state index in [9.17, 15) is 19.5 Å². The fourth-order valence-corrected chi connectivity index (χ4v) is 5.91. The van der Waals surface area contributed by atoms with Crippen LogP contribution in [0.5, 0.6) is 0 Å². The molecule has 2 N–H and O–H groups in total. The van der Waals surface area contributed by atoms with E-state index in [1.54, 1.807) is 0 Å². The number of carbonyl (C=O) groups excluding carboxylic acids is 3. The van der Waals surface area contributed by atoms with Crippen molar-refractivity contribution in [3.63, 3.8) is 0 Å². The number of piperazine rings is 1. The number of nitrogens with one attached hydrogen (secondary N) is 1. The summed E-state index contributed by atoms with van der Waals surface area (Å²) in [5.41, 5.74) is 1.60. The molecule has 1 aromatic carbocycles. The third kappa shape index (κ3) is 5.01. The van der Waals surface area contributed by atoms with Crippen molar-refractivity contribution in [2.45, 2.75) is 69.9 Å². The summed E-state index contributed by atoms with van der Waals surface area (Å²) < 4.78 is 5.39. The standard InChI is InChI=1S/C27H38N4O5/c1-17(2)14-21(27(35)31-15-22(32)25-24(31)23(33)16-36-25)28-26(34)18-6-8-20(9-7-18)30-12-10-29(11-13-30)19-4-3-5-19/h6-9,17,19,21-22,24-25,32H,3-5,10-16H2,1-2H3,(H,28,34)/t21?,22-,24+,25+/m0/s1. The molecule has 9 nitrogen and oxygen atoms in total. The molecule has 2 amide bonds. The van der Waals surface area contributed by atoms with Gasteiger partial charge < -0.3 is 25.0 Å². The number of ether oxygens (including phenoxy) is 1. The molecule has 1 unspecified atom stereocenters. The Balaban J connectivity index is 1.21. The van der Waals surface area contributed by atoms with E-state index in [4.69, 9.17) is 4.74 Å². The molecule has 0 spiro atoms. The topological polar surface area (TPSA) is 102 Å². The van der Waals surface area contributed by atoms with Gasteiger partial charge in [0.15, 0.2) is 5.78 Å². The minimum Gasteiger partial charge on any atom is -0.388 e. The van der Waals surface area contributed by atoms with Crippen LogP contribution in [0.2, 0.25) is 0 Å². The van der Waals surface area contributed by atoms with Gasteiger partial charge in [-0.3, -0.25) is 19.3 Å². The van der Waals surface area contributed by atoms with Gasteiger partial charge >= 0.3 is 0 Å². The van der Waals surface area contributed by atoms with Gasteiger partial charge in [0.2, 0.25) is 5.91 Å². The number of β-amino-alcohol motifs (C(OH)–C–C–N with tert-alkyl or cyclic N) is 1. The van der Waals surface area contributed by atoms with Crippen LogP contribution in [0, 0.1) is 5.92 Å². The van der Waals surface area contributed by atoms with Crippen LogP contribution in [0.15, 0.2) is 24.3 Å². The molecule has 0 aromatic heterocycles. The Hall–Kier alpha value is -2.49. The van der Waals surface area contributed by atoms with Crippen molar-refractivity contribution in [1.29, 1.82) is 0 Å². The second-order valence-corrected chi connectivity index (χ2v) is 11.1. The van der Waals surface area contributed by atoms with Crippen molar-refractivity contribution in [3.05, 3.63) is 29.8 Å². The maximum absolute atomic E-state index is 13.4. The number of benzene rings is 1. The Morgan fingerprint density at radius 3 is 2.42 bits per heavy atom. The highest BCUT2D eigenvalue weighted by molar-refractivity contribution is 5.99. The van der Waals surface area contributed by atoms with E-state index in [0.717, 1.165) is 37.9 Å². The number of hydrogen-bond acceptors (Lipinski definition) is 7. The predicted molar refractivity (Wildman–Crippen MR) is 135 cm³/mol. The molecule has 9 heteroatoms. The van der Waals surface area contributed by atoms with Crippen molar-refractivity contribution in [2.75, 3.05) is 44.2 Å². The van der Waals surface area contributed by atoms with Gasteiger partial charge in [-0.15, -0.1) is 0 Å². The minimum atomic E-state index is -0.899. The lowest BCUT2D eigenvalue weighted by Crippen LogP contribution is -2.52. The molecular weight excluding hydrogens is 460 g/mol. The molecule has 4 fully saturated rings. The molecule has 36 heavy (non-hydrogen) atoms. The number of hydrogen-bond donors (Lipinski definition) is 2. The highest BCUT2D eigenvalue weighted by atomic mass is 16.5. The lowest BCUT2D eigenvalue weighted by atomic mass is 9.91. The van der Waals surface area contributed by atoms with Crippen LogP contribution in [-0.2, 0) is 14.3 Å². The summed E-state index contributed by atoms with van der Waals surface area (Å²) in [5, 5.41) is 13.2. The number of ketones is 1. The van der Waals surface area contributed by atoms with E-state index in [-0.39, 0.29) is 36.7 Å². The number of anilines is 1. The Labute approximate surface area is 212 Å². The van der Waals surface area contributed by atoms with Gasteiger partial charge in [-0.2, -0.15) is 0 Å². The van der Waals surface area contributed by atoms with E-state index in [1.807, 2.05) is 38.1 Å². The number of aliphatic hydroxyl groups excluding tert-OH is 1. The molecule has 1 aliphatic carbocycles. The van der Waals surface area contributed by atoms with Gasteiger partial charge in [0.25, 0.3) is 5.91 Å². The first-order chi connectivity index (χ1) is 17.3. The lowest BCUT2D eigenvalue weighted by Gasteiger charge is -2.43. The molecular formula is C27H38N4O5. The molecule has 0 radical (unpaired) electrons. The summed E-state index contributed by atoms with van der Waals surface area (Å²) in [6.07, 6.45) is 2.86. The van der Waals surface area contributed by atoms with E-state index in [1.165, 1.54) is 24.2 Å². The fourth-order valence-electron chi connectivity index (χ4n) is 5.91. The second-order valence-electron chi connectivity index (χ2n) is 11.1. The molecule has 196 valence electrons. The summed E-state index contributed by atoms with van der Waals surface area (Å²) in [7, 11) is 0. The van der Waals surface area contributed by atoms with E-state index >= 15 is 0 Å². The Morgan fingerprint density at radius 1 is 1.11 bits per heavy atom. The maximum Gasteiger partial charge on any atom is 0.251 e. The monoisotopic (exact) mass is 498 g/mol. The normalized spacial score (nSPS) is 27.8. The van der Waals surface area contributed by atoms with Crippen LogP contribution in [0.25, 0.3) is 0 Å². The average Bonchev–Trinajstić information content (AvgIpc) is 3.38. The van der Waals surface area contributed by atoms with Gasteiger partial charge in [0.1, 0.15) is 30.9 Å². The number of rotatable bonds is 7. The number of nitrogens with zero attached hydrogens (tertiary/aromatic N) is 3. The van der Waals surface area contributed by atoms with Crippen molar-refractivity contribution in [1.82, 2.24) is 15.1 Å². The van der Waals surface area contributed by atoms with Gasteiger partial charge in [-0.25, -0.2) is 0 Å². The zero-order valence-corrected chi connectivity index (χ0v) is 21.3. The summed E-state index contributed by atoms with van der Waals surface area (Å²) in [6, 6.07) is 6.79. The molecule has 3 heterocycles. The lowest BCUT2D eigenvalue weighted by molar-refractivity contribution is -0.138. The molecule has 3 saturated heterocycles. The number of carbonyl (C=O) groups is 3. The Kier molecular flexibility index (Phi) is 7.32. The number of amides is 2. The van der Waals surface area contributed by atoms with Gasteiger partial charge in [-0.1, -0.05) is 20.3 Å². The number of Topliss-reactive ketones (excluding diaryl/α,β-unsaturated/α-hetero) is 1. The highest BCUT2D eigenvalue weighted by Gasteiger charge is 2.52. The molecule has 3 aliphatic heterocycles. The summed E-state index contributed by atoms with van der Waals surface area (Å²) in [5.74, 6) is -0.716. The zero-order chi connectivity index (χ0) is 25.4. The third-order valence-electron chi connectivity index (χ3n) is 8.15. The smallest absolute Gasteiger partial charge is 0.251 e. The average molecular weight is 499 g/mol. The summed E-state index contributed by atoms with van der Waals surface area (Å²) in [4.78, 5) is 45.2. The first kappa shape index (κ1) is 25.2. The van der Waals surface area contributed by atoms with Crippen molar-refractivity contribution < 1.29 is 24.2 Å². The Bertz CT molecular complexity index is 971. The van der Waals surface area contributed by atoms with Crippen molar-refractivity contribution in [2.24, 2.45) is 5.92 Å². The van der Waals surface area contributed by atoms with Crippen LogP contribution >= 0.6 is 0 Å². The molecule has 1 saturated carbocycles. The van der Waals surface area contributed by atoms with Crippen molar-refractivity contribution in [3.8, 4) is 0 Å². The van der Waals surface area contributed by atoms with Gasteiger partial charge in [0, 0.05) is 43.5 Å². The second kappa shape index (κ2) is 10.5. The molecule has 1 aromatic rings. The summed E-state index contributed by atoms with van der Waals surface area (Å²) >= 11 is 0. The largest absolute Gasteiger partial charge is 0.388 e. The van der Waals surface area contributed by atoms with Crippen LogP contribution in [0.4, 0.5) is 5.69 Å². The number of fused-ring (bicyclic) bond motifs is 1. The third-order valence-corrected chi connectivity index (χ3v) is 8.15. The fraction of sp³-hybridized carbons (Fsp3) is 0.667. The first-order valence-corrected chi connectivity index (χ1v) is 13.3. The molecule has 0 bridgehead atoms.